The van der Waals surface area contributed by atoms with Crippen molar-refractivity contribution >= 4 is 22.6 Å². The van der Waals surface area contributed by atoms with Gasteiger partial charge >= 0.3 is 5.97 Å². The second-order valence-electron chi connectivity index (χ2n) is 8.55. The number of aromatic nitrogens is 1. The number of hydrogen-bond acceptors (Lipinski definition) is 5. The van der Waals surface area contributed by atoms with Crippen molar-refractivity contribution in [3.05, 3.63) is 33.9 Å². The molecule has 0 spiro atoms. The Hall–Kier alpha value is -2.61. The monoisotopic (exact) mass is 401 g/mol. The summed E-state index contributed by atoms with van der Waals surface area (Å²) in [6.45, 7) is 3.45. The molecule has 1 aromatic heterocycles. The topological polar surface area (TPSA) is 97.8 Å². The zero-order chi connectivity index (χ0) is 20.5. The highest BCUT2D eigenvalue weighted by Gasteiger charge is 2.48. The highest BCUT2D eigenvalue weighted by atomic mass is 19.1. The van der Waals surface area contributed by atoms with Gasteiger partial charge in [-0.2, -0.15) is 0 Å². The van der Waals surface area contributed by atoms with E-state index in [0.717, 1.165) is 19.3 Å². The molecule has 1 saturated carbocycles. The average Bonchev–Trinajstić information content (AvgIpc) is 3.24. The summed E-state index contributed by atoms with van der Waals surface area (Å²) in [4.78, 5) is 26.5. The Kier molecular flexibility index (Phi) is 3.93. The maximum absolute atomic E-state index is 15.2. The van der Waals surface area contributed by atoms with Crippen LogP contribution in [-0.4, -0.2) is 40.9 Å². The Balaban J connectivity index is 1.71. The molecule has 0 amide bonds. The highest BCUT2D eigenvalue weighted by molar-refractivity contribution is 5.97. The van der Waals surface area contributed by atoms with E-state index in [1.807, 2.05) is 11.8 Å². The number of benzene rings is 1. The molecule has 0 unspecified atom stereocenters. The Bertz CT molecular complexity index is 1090. The van der Waals surface area contributed by atoms with Crippen LogP contribution in [0.3, 0.4) is 0 Å². The maximum atomic E-state index is 15.2. The van der Waals surface area contributed by atoms with Crippen molar-refractivity contribution in [3.63, 3.8) is 0 Å². The first-order valence-electron chi connectivity index (χ1n) is 10.2. The summed E-state index contributed by atoms with van der Waals surface area (Å²) >= 11 is 0. The van der Waals surface area contributed by atoms with Gasteiger partial charge in [0.25, 0.3) is 5.56 Å². The summed E-state index contributed by atoms with van der Waals surface area (Å²) in [6, 6.07) is 2.28. The second-order valence-corrected chi connectivity index (χ2v) is 8.55. The lowest BCUT2D eigenvalue weighted by atomic mass is 9.97. The van der Waals surface area contributed by atoms with Gasteiger partial charge in [-0.05, 0) is 43.7 Å². The van der Waals surface area contributed by atoms with Crippen LogP contribution in [0.5, 0.6) is 5.75 Å². The average molecular weight is 401 g/mol. The first-order chi connectivity index (χ1) is 13.8. The lowest BCUT2D eigenvalue weighted by molar-refractivity contribution is 0.0693. The van der Waals surface area contributed by atoms with Crippen LogP contribution in [0.2, 0.25) is 0 Å². The third-order valence-electron chi connectivity index (χ3n) is 6.83. The van der Waals surface area contributed by atoms with Gasteiger partial charge in [-0.3, -0.25) is 9.36 Å². The molecule has 5 rings (SSSR count). The molecule has 2 atom stereocenters. The molecule has 3 N–H and O–H groups in total. The fourth-order valence-corrected chi connectivity index (χ4v) is 4.90. The van der Waals surface area contributed by atoms with E-state index in [1.165, 1.54) is 16.7 Å². The molecule has 154 valence electrons. The van der Waals surface area contributed by atoms with Gasteiger partial charge < -0.3 is 20.5 Å². The van der Waals surface area contributed by atoms with Crippen molar-refractivity contribution in [1.29, 1.82) is 0 Å². The predicted molar refractivity (Wildman–Crippen MR) is 106 cm³/mol. The van der Waals surface area contributed by atoms with Crippen LogP contribution in [0.1, 0.15) is 49.0 Å². The van der Waals surface area contributed by atoms with Gasteiger partial charge in [-0.1, -0.05) is 6.92 Å². The van der Waals surface area contributed by atoms with Gasteiger partial charge in [0.1, 0.15) is 17.9 Å². The van der Waals surface area contributed by atoms with E-state index in [2.05, 4.69) is 0 Å². The van der Waals surface area contributed by atoms with E-state index >= 15 is 4.39 Å². The Labute approximate surface area is 166 Å². The van der Waals surface area contributed by atoms with E-state index in [9.17, 15) is 14.7 Å². The van der Waals surface area contributed by atoms with Gasteiger partial charge in [0.15, 0.2) is 11.6 Å². The minimum absolute atomic E-state index is 0.133. The number of halogens is 1. The fourth-order valence-electron chi connectivity index (χ4n) is 4.90. The van der Waals surface area contributed by atoms with Crippen LogP contribution in [0, 0.1) is 11.7 Å². The maximum Gasteiger partial charge on any atom is 0.341 e. The number of pyridine rings is 1. The molecule has 2 aromatic rings. The molecule has 0 bridgehead atoms. The van der Waals surface area contributed by atoms with Gasteiger partial charge in [-0.15, -0.1) is 0 Å². The number of carboxylic acids is 1. The predicted octanol–water partition coefficient (Wildman–Crippen LogP) is 2.50. The summed E-state index contributed by atoms with van der Waals surface area (Å²) in [7, 11) is 0. The molecule has 2 aliphatic heterocycles. The van der Waals surface area contributed by atoms with E-state index in [-0.39, 0.29) is 23.8 Å². The molecule has 3 heterocycles. The molecule has 1 aliphatic carbocycles. The van der Waals surface area contributed by atoms with Crippen molar-refractivity contribution in [1.82, 2.24) is 4.57 Å². The van der Waals surface area contributed by atoms with Gasteiger partial charge in [0.05, 0.1) is 11.6 Å². The molecular weight excluding hydrogens is 377 g/mol. The molecule has 3 aliphatic rings. The van der Waals surface area contributed by atoms with E-state index < -0.39 is 17.3 Å². The minimum atomic E-state index is -1.31. The number of rotatable bonds is 4. The summed E-state index contributed by atoms with van der Waals surface area (Å²) in [5.74, 6) is -1.13. The number of aromatic carboxylic acids is 1. The molecule has 29 heavy (non-hydrogen) atoms. The number of carbonyl (C=O) groups is 1. The first-order valence-corrected chi connectivity index (χ1v) is 10.2. The van der Waals surface area contributed by atoms with Crippen LogP contribution in [0.25, 0.3) is 10.9 Å². The van der Waals surface area contributed by atoms with E-state index in [0.29, 0.717) is 47.8 Å². The number of nitrogens with two attached hydrogens (primary N) is 1. The van der Waals surface area contributed by atoms with Crippen LogP contribution < -0.4 is 20.9 Å². The number of carboxylic acid groups (broad SMARTS) is 1. The molecule has 1 saturated heterocycles. The van der Waals surface area contributed by atoms with Crippen LogP contribution in [0.15, 0.2) is 16.9 Å². The van der Waals surface area contributed by atoms with Crippen LogP contribution in [0.4, 0.5) is 10.1 Å². The molecule has 2 fully saturated rings. The summed E-state index contributed by atoms with van der Waals surface area (Å²) in [5, 5.41) is 9.81. The Morgan fingerprint density at radius 1 is 1.41 bits per heavy atom. The quantitative estimate of drug-likeness (QED) is 0.817. The third-order valence-corrected chi connectivity index (χ3v) is 6.83. The van der Waals surface area contributed by atoms with Crippen molar-refractivity contribution in [2.75, 3.05) is 24.6 Å². The summed E-state index contributed by atoms with van der Waals surface area (Å²) in [6.07, 6.45) is 3.51. The Morgan fingerprint density at radius 3 is 2.83 bits per heavy atom. The third kappa shape index (κ3) is 2.65. The van der Waals surface area contributed by atoms with Gasteiger partial charge in [-0.25, -0.2) is 9.18 Å². The smallest absolute Gasteiger partial charge is 0.341 e. The first kappa shape index (κ1) is 18.4. The SMILES string of the molecule is CC[C@H]1COc2c(N3CC[C@@H](C4(N)CC4)C3)c(F)cc3cc(C(=O)O)c(=O)n1c23. The van der Waals surface area contributed by atoms with Crippen LogP contribution >= 0.6 is 0 Å². The van der Waals surface area contributed by atoms with Crippen LogP contribution in [-0.2, 0) is 0 Å². The number of ether oxygens (including phenoxy) is 1. The largest absolute Gasteiger partial charge is 0.487 e. The summed E-state index contributed by atoms with van der Waals surface area (Å²) in [5.41, 5.74) is 6.15. The minimum Gasteiger partial charge on any atom is -0.487 e. The van der Waals surface area contributed by atoms with E-state index in [1.54, 1.807) is 0 Å². The molecule has 8 heteroatoms. The zero-order valence-corrected chi connectivity index (χ0v) is 16.3. The standard InChI is InChI=1S/C21H24FN3O4/c1-2-13-10-29-18-16-11(7-14(20(27)28)19(26)25(13)16)8-15(22)17(18)24-6-3-12(9-24)21(23)4-5-21/h7-8,12-13H,2-6,9-10,23H2,1H3,(H,27,28)/t12-,13+/m1/s1. The molecule has 7 nitrogen and oxygen atoms in total. The van der Waals surface area contributed by atoms with Crippen molar-refractivity contribution in [2.45, 2.75) is 44.2 Å². The molecular formula is C21H24FN3O4. The van der Waals surface area contributed by atoms with Gasteiger partial charge in [0, 0.05) is 24.0 Å². The van der Waals surface area contributed by atoms with E-state index in [4.69, 9.17) is 10.5 Å². The number of nitrogens with zero attached hydrogens (tertiary/aromatic N) is 2. The molecule has 0 radical (unpaired) electrons. The lowest BCUT2D eigenvalue weighted by Crippen LogP contribution is -2.36. The van der Waals surface area contributed by atoms with Crippen molar-refractivity contribution < 1.29 is 19.0 Å². The molecule has 1 aromatic carbocycles. The number of anilines is 1. The van der Waals surface area contributed by atoms with Gasteiger partial charge in [0.2, 0.25) is 0 Å². The normalized spacial score (nSPS) is 24.6. The summed E-state index contributed by atoms with van der Waals surface area (Å²) < 4.78 is 22.7. The fraction of sp³-hybridized carbons (Fsp3) is 0.524. The Morgan fingerprint density at radius 2 is 2.17 bits per heavy atom. The number of hydrogen-bond donors (Lipinski definition) is 2. The lowest BCUT2D eigenvalue weighted by Gasteiger charge is -2.32. The zero-order valence-electron chi connectivity index (χ0n) is 16.3. The highest BCUT2D eigenvalue weighted by Crippen LogP contribution is 2.48. The van der Waals surface area contributed by atoms with Crippen molar-refractivity contribution in [3.8, 4) is 5.75 Å². The second kappa shape index (κ2) is 6.19. The van der Waals surface area contributed by atoms with Crippen molar-refractivity contribution in [2.24, 2.45) is 11.7 Å².